The van der Waals surface area contributed by atoms with Gasteiger partial charge in [-0.1, -0.05) is 17.7 Å². The summed E-state index contributed by atoms with van der Waals surface area (Å²) < 4.78 is 10.5. The number of aromatic nitrogens is 1. The van der Waals surface area contributed by atoms with Gasteiger partial charge in [-0.15, -0.1) is 0 Å². The molecular weight excluding hydrogens is 294 g/mol. The molecule has 122 valence electrons. The molecule has 0 radical (unpaired) electrons. The molecule has 6 heteroatoms. The van der Waals surface area contributed by atoms with E-state index in [1.165, 1.54) is 5.56 Å². The SMILES string of the molecule is COCCNCC(=O)Nc1ccc(Oc2ccc(C)cc2)nc1. The van der Waals surface area contributed by atoms with Crippen LogP contribution in [0.1, 0.15) is 5.56 Å². The molecule has 1 amide bonds. The van der Waals surface area contributed by atoms with Gasteiger partial charge in [0.25, 0.3) is 0 Å². The van der Waals surface area contributed by atoms with Crippen LogP contribution in [0, 0.1) is 6.92 Å². The summed E-state index contributed by atoms with van der Waals surface area (Å²) in [4.78, 5) is 15.9. The van der Waals surface area contributed by atoms with E-state index in [4.69, 9.17) is 9.47 Å². The van der Waals surface area contributed by atoms with Crippen molar-refractivity contribution < 1.29 is 14.3 Å². The molecule has 2 N–H and O–H groups in total. The van der Waals surface area contributed by atoms with Crippen molar-refractivity contribution in [2.75, 3.05) is 32.1 Å². The van der Waals surface area contributed by atoms with E-state index in [-0.39, 0.29) is 12.5 Å². The van der Waals surface area contributed by atoms with Crippen molar-refractivity contribution in [3.63, 3.8) is 0 Å². The zero-order valence-electron chi connectivity index (χ0n) is 13.3. The number of rotatable bonds is 8. The smallest absolute Gasteiger partial charge is 0.238 e. The van der Waals surface area contributed by atoms with Crippen LogP contribution in [-0.2, 0) is 9.53 Å². The number of nitrogens with zero attached hydrogens (tertiary/aromatic N) is 1. The maximum absolute atomic E-state index is 11.7. The first-order valence-corrected chi connectivity index (χ1v) is 7.37. The van der Waals surface area contributed by atoms with Gasteiger partial charge in [0.15, 0.2) is 0 Å². The minimum atomic E-state index is -0.130. The fraction of sp³-hybridized carbons (Fsp3) is 0.294. The second-order valence-electron chi connectivity index (χ2n) is 5.02. The molecule has 0 saturated heterocycles. The van der Waals surface area contributed by atoms with E-state index >= 15 is 0 Å². The standard InChI is InChI=1S/C17H21N3O3/c1-13-3-6-15(7-4-13)23-17-8-5-14(11-19-17)20-16(21)12-18-9-10-22-2/h3-8,11,18H,9-10,12H2,1-2H3,(H,20,21). The van der Waals surface area contributed by atoms with Crippen molar-refractivity contribution in [2.24, 2.45) is 0 Å². The summed E-state index contributed by atoms with van der Waals surface area (Å²) in [6, 6.07) is 11.2. The zero-order chi connectivity index (χ0) is 16.5. The highest BCUT2D eigenvalue weighted by Crippen LogP contribution is 2.20. The Balaban J connectivity index is 1.82. The molecule has 2 aromatic rings. The number of hydrogen-bond donors (Lipinski definition) is 2. The molecule has 0 bridgehead atoms. The summed E-state index contributed by atoms with van der Waals surface area (Å²) in [5.41, 5.74) is 1.79. The van der Waals surface area contributed by atoms with Crippen molar-refractivity contribution >= 4 is 11.6 Å². The van der Waals surface area contributed by atoms with E-state index in [0.717, 1.165) is 5.75 Å². The van der Waals surface area contributed by atoms with Gasteiger partial charge in [0.1, 0.15) is 5.75 Å². The monoisotopic (exact) mass is 315 g/mol. The first-order chi connectivity index (χ1) is 11.2. The number of hydrogen-bond acceptors (Lipinski definition) is 5. The normalized spacial score (nSPS) is 10.3. The highest BCUT2D eigenvalue weighted by Gasteiger charge is 2.03. The van der Waals surface area contributed by atoms with E-state index in [9.17, 15) is 4.79 Å². The lowest BCUT2D eigenvalue weighted by atomic mass is 10.2. The number of pyridine rings is 1. The van der Waals surface area contributed by atoms with Gasteiger partial charge in [0.05, 0.1) is 25.0 Å². The molecule has 0 spiro atoms. The molecule has 0 saturated carbocycles. The van der Waals surface area contributed by atoms with E-state index < -0.39 is 0 Å². The molecule has 1 aromatic carbocycles. The molecule has 0 aliphatic rings. The molecule has 2 rings (SSSR count). The van der Waals surface area contributed by atoms with Crippen LogP contribution in [0.15, 0.2) is 42.6 Å². The Morgan fingerprint density at radius 1 is 1.17 bits per heavy atom. The maximum atomic E-state index is 11.7. The molecule has 0 fully saturated rings. The second kappa shape index (κ2) is 8.87. The maximum Gasteiger partial charge on any atom is 0.238 e. The molecule has 1 aromatic heterocycles. The molecule has 1 heterocycles. The number of nitrogens with one attached hydrogen (secondary N) is 2. The Kier molecular flexibility index (Phi) is 6.53. The summed E-state index contributed by atoms with van der Waals surface area (Å²) in [7, 11) is 1.62. The highest BCUT2D eigenvalue weighted by molar-refractivity contribution is 5.92. The van der Waals surface area contributed by atoms with Gasteiger partial charge in [-0.3, -0.25) is 4.79 Å². The van der Waals surface area contributed by atoms with Crippen molar-refractivity contribution in [1.29, 1.82) is 0 Å². The predicted molar refractivity (Wildman–Crippen MR) is 88.9 cm³/mol. The molecule has 23 heavy (non-hydrogen) atoms. The van der Waals surface area contributed by atoms with Crippen LogP contribution in [0.5, 0.6) is 11.6 Å². The molecular formula is C17H21N3O3. The molecule has 6 nitrogen and oxygen atoms in total. The summed E-state index contributed by atoms with van der Waals surface area (Å²) in [5, 5.41) is 5.73. The number of amides is 1. The van der Waals surface area contributed by atoms with Crippen LogP contribution in [0.25, 0.3) is 0 Å². The second-order valence-corrected chi connectivity index (χ2v) is 5.02. The third-order valence-electron chi connectivity index (χ3n) is 3.03. The summed E-state index contributed by atoms with van der Waals surface area (Å²) in [6.45, 7) is 3.44. The van der Waals surface area contributed by atoms with Gasteiger partial charge in [-0.05, 0) is 25.1 Å². The number of anilines is 1. The molecule has 0 aliphatic heterocycles. The Hall–Kier alpha value is -2.44. The fourth-order valence-corrected chi connectivity index (χ4v) is 1.82. The first-order valence-electron chi connectivity index (χ1n) is 7.37. The van der Waals surface area contributed by atoms with Gasteiger partial charge in [0, 0.05) is 19.7 Å². The Labute approximate surface area is 135 Å². The lowest BCUT2D eigenvalue weighted by Crippen LogP contribution is -2.30. The third kappa shape index (κ3) is 6.06. The molecule has 0 aliphatic carbocycles. The summed E-state index contributed by atoms with van der Waals surface area (Å²) >= 11 is 0. The fourth-order valence-electron chi connectivity index (χ4n) is 1.82. The van der Waals surface area contributed by atoms with Crippen LogP contribution in [-0.4, -0.2) is 37.7 Å². The average molecular weight is 315 g/mol. The van der Waals surface area contributed by atoms with Gasteiger partial charge >= 0.3 is 0 Å². The minimum absolute atomic E-state index is 0.130. The lowest BCUT2D eigenvalue weighted by Gasteiger charge is -2.08. The number of aryl methyl sites for hydroxylation is 1. The number of benzene rings is 1. The number of ether oxygens (including phenoxy) is 2. The largest absolute Gasteiger partial charge is 0.439 e. The van der Waals surface area contributed by atoms with Crippen LogP contribution in [0.3, 0.4) is 0 Å². The number of methoxy groups -OCH3 is 1. The van der Waals surface area contributed by atoms with Crippen molar-refractivity contribution in [3.8, 4) is 11.6 Å². The zero-order valence-corrected chi connectivity index (χ0v) is 13.3. The van der Waals surface area contributed by atoms with Crippen LogP contribution in [0.2, 0.25) is 0 Å². The minimum Gasteiger partial charge on any atom is -0.439 e. The van der Waals surface area contributed by atoms with Crippen LogP contribution >= 0.6 is 0 Å². The van der Waals surface area contributed by atoms with E-state index in [0.29, 0.717) is 24.7 Å². The van der Waals surface area contributed by atoms with Crippen molar-refractivity contribution in [2.45, 2.75) is 6.92 Å². The topological polar surface area (TPSA) is 72.5 Å². The van der Waals surface area contributed by atoms with Crippen molar-refractivity contribution in [3.05, 3.63) is 48.2 Å². The van der Waals surface area contributed by atoms with Crippen molar-refractivity contribution in [1.82, 2.24) is 10.3 Å². The summed E-state index contributed by atoms with van der Waals surface area (Å²) in [6.07, 6.45) is 1.57. The average Bonchev–Trinajstić information content (AvgIpc) is 2.56. The lowest BCUT2D eigenvalue weighted by molar-refractivity contribution is -0.115. The Morgan fingerprint density at radius 2 is 1.96 bits per heavy atom. The van der Waals surface area contributed by atoms with Crippen LogP contribution < -0.4 is 15.4 Å². The Morgan fingerprint density at radius 3 is 2.61 bits per heavy atom. The number of carbonyl (C=O) groups excluding carboxylic acids is 1. The number of carbonyl (C=O) groups is 1. The van der Waals surface area contributed by atoms with Gasteiger partial charge in [-0.2, -0.15) is 0 Å². The predicted octanol–water partition coefficient (Wildman–Crippen LogP) is 2.36. The first kappa shape index (κ1) is 16.9. The van der Waals surface area contributed by atoms with E-state index in [1.807, 2.05) is 31.2 Å². The van der Waals surface area contributed by atoms with Gasteiger partial charge in [0.2, 0.25) is 11.8 Å². The van der Waals surface area contributed by atoms with E-state index in [1.54, 1.807) is 25.4 Å². The molecule has 0 atom stereocenters. The Bertz CT molecular complexity index is 612. The van der Waals surface area contributed by atoms with Gasteiger partial charge < -0.3 is 20.1 Å². The quantitative estimate of drug-likeness (QED) is 0.732. The summed E-state index contributed by atoms with van der Waals surface area (Å²) in [5.74, 6) is 1.07. The third-order valence-corrected chi connectivity index (χ3v) is 3.03. The van der Waals surface area contributed by atoms with E-state index in [2.05, 4.69) is 15.6 Å². The van der Waals surface area contributed by atoms with Gasteiger partial charge in [-0.25, -0.2) is 4.98 Å². The van der Waals surface area contributed by atoms with Crippen LogP contribution in [0.4, 0.5) is 5.69 Å². The highest BCUT2D eigenvalue weighted by atomic mass is 16.5. The molecule has 0 unspecified atom stereocenters.